The van der Waals surface area contributed by atoms with Gasteiger partial charge >= 0.3 is 5.69 Å². The predicted molar refractivity (Wildman–Crippen MR) is 106 cm³/mol. The Morgan fingerprint density at radius 3 is 2.62 bits per heavy atom. The van der Waals surface area contributed by atoms with Crippen molar-refractivity contribution in [3.05, 3.63) is 46.5 Å². The lowest BCUT2D eigenvalue weighted by molar-refractivity contribution is -0.136. The number of para-hydroxylation sites is 2. The molecule has 0 spiro atoms. The summed E-state index contributed by atoms with van der Waals surface area (Å²) in [7, 11) is 0. The Labute approximate surface area is 168 Å². The van der Waals surface area contributed by atoms with Crippen LogP contribution >= 0.6 is 0 Å². The van der Waals surface area contributed by atoms with E-state index in [4.69, 9.17) is 4.52 Å². The maximum absolute atomic E-state index is 13.3. The Balaban J connectivity index is 1.44. The van der Waals surface area contributed by atoms with Crippen LogP contribution < -0.4 is 5.69 Å². The minimum Gasteiger partial charge on any atom is -0.339 e. The maximum Gasteiger partial charge on any atom is 0.329 e. The molecule has 1 amide bonds. The second kappa shape index (κ2) is 7.17. The zero-order valence-electron chi connectivity index (χ0n) is 16.6. The molecular weight excluding hydrogens is 370 g/mol. The van der Waals surface area contributed by atoms with Gasteiger partial charge in [-0.15, -0.1) is 0 Å². The topological polar surface area (TPSA) is 86.2 Å². The average Bonchev–Trinajstić information content (AvgIpc) is 3.42. The lowest BCUT2D eigenvalue weighted by atomic mass is 10.0. The molecule has 3 heterocycles. The summed E-state index contributed by atoms with van der Waals surface area (Å²) in [4.78, 5) is 32.6. The Kier molecular flexibility index (Phi) is 4.49. The van der Waals surface area contributed by atoms with Crippen LogP contribution in [-0.2, 0) is 17.9 Å². The molecule has 1 saturated heterocycles. The monoisotopic (exact) mass is 395 g/mol. The molecule has 2 aromatic heterocycles. The SMILES string of the molecule is CCn1c(=O)n(CC(=O)N2CCCCC2c2noc(C3CC3)n2)c2ccccc21. The standard InChI is InChI=1S/C21H25N5O3/c1-2-24-15-7-3-4-8-16(15)26(21(24)28)13-18(27)25-12-6-5-9-17(25)19-22-20(29-23-19)14-10-11-14/h3-4,7-8,14,17H,2,5-6,9-13H2,1H3. The molecule has 8 heteroatoms. The molecule has 0 N–H and O–H groups in total. The van der Waals surface area contributed by atoms with Gasteiger partial charge in [0.25, 0.3) is 0 Å². The van der Waals surface area contributed by atoms with E-state index in [2.05, 4.69) is 10.1 Å². The molecule has 8 nitrogen and oxygen atoms in total. The van der Waals surface area contributed by atoms with E-state index in [-0.39, 0.29) is 24.2 Å². The minimum atomic E-state index is -0.178. The fourth-order valence-corrected chi connectivity index (χ4v) is 4.33. The number of carbonyl (C=O) groups excluding carboxylic acids is 1. The summed E-state index contributed by atoms with van der Waals surface area (Å²) >= 11 is 0. The minimum absolute atomic E-state index is 0.0240. The first kappa shape index (κ1) is 18.1. The fourth-order valence-electron chi connectivity index (χ4n) is 4.33. The highest BCUT2D eigenvalue weighted by molar-refractivity contribution is 5.81. The molecule has 1 atom stereocenters. The molecule has 5 rings (SSSR count). The van der Waals surface area contributed by atoms with Gasteiger partial charge in [-0.05, 0) is 51.2 Å². The molecule has 29 heavy (non-hydrogen) atoms. The first-order valence-corrected chi connectivity index (χ1v) is 10.5. The summed E-state index contributed by atoms with van der Waals surface area (Å²) in [6.45, 7) is 3.18. The number of likely N-dealkylation sites (tertiary alicyclic amines) is 1. The molecule has 1 aliphatic heterocycles. The van der Waals surface area contributed by atoms with Crippen molar-refractivity contribution < 1.29 is 9.32 Å². The van der Waals surface area contributed by atoms with Gasteiger partial charge in [0.2, 0.25) is 11.8 Å². The predicted octanol–water partition coefficient (Wildman–Crippen LogP) is 2.84. The highest BCUT2D eigenvalue weighted by Gasteiger charge is 2.35. The number of aryl methyl sites for hydroxylation is 1. The van der Waals surface area contributed by atoms with E-state index in [1.165, 1.54) is 0 Å². The molecule has 2 aliphatic rings. The number of rotatable bonds is 5. The normalized spacial score (nSPS) is 19.8. The van der Waals surface area contributed by atoms with Crippen LogP contribution in [0, 0.1) is 0 Å². The van der Waals surface area contributed by atoms with Crippen molar-refractivity contribution in [2.24, 2.45) is 0 Å². The summed E-state index contributed by atoms with van der Waals surface area (Å²) in [5, 5.41) is 4.17. The van der Waals surface area contributed by atoms with Crippen LogP contribution in [0.5, 0.6) is 0 Å². The van der Waals surface area contributed by atoms with Gasteiger partial charge in [-0.1, -0.05) is 17.3 Å². The van der Waals surface area contributed by atoms with Gasteiger partial charge in [0.1, 0.15) is 6.54 Å². The number of aromatic nitrogens is 4. The molecule has 3 aromatic rings. The van der Waals surface area contributed by atoms with Crippen LogP contribution in [0.2, 0.25) is 0 Å². The van der Waals surface area contributed by atoms with E-state index < -0.39 is 0 Å². The third kappa shape index (κ3) is 3.16. The van der Waals surface area contributed by atoms with Gasteiger partial charge in [0.05, 0.1) is 17.1 Å². The first-order valence-electron chi connectivity index (χ1n) is 10.5. The summed E-state index contributed by atoms with van der Waals surface area (Å²) in [6, 6.07) is 7.44. The van der Waals surface area contributed by atoms with Crippen LogP contribution in [0.1, 0.15) is 62.7 Å². The number of piperidine rings is 1. The molecule has 152 valence electrons. The maximum atomic E-state index is 13.3. The van der Waals surface area contributed by atoms with Gasteiger partial charge in [0.15, 0.2) is 5.82 Å². The van der Waals surface area contributed by atoms with E-state index in [0.29, 0.717) is 30.7 Å². The zero-order chi connectivity index (χ0) is 20.0. The first-order chi connectivity index (χ1) is 14.2. The number of hydrogen-bond acceptors (Lipinski definition) is 5. The molecule has 0 radical (unpaired) electrons. The largest absolute Gasteiger partial charge is 0.339 e. The lowest BCUT2D eigenvalue weighted by Crippen LogP contribution is -2.42. The van der Waals surface area contributed by atoms with E-state index >= 15 is 0 Å². The van der Waals surface area contributed by atoms with E-state index in [1.54, 1.807) is 9.13 Å². The summed E-state index contributed by atoms with van der Waals surface area (Å²) in [5.41, 5.74) is 1.50. The Morgan fingerprint density at radius 2 is 1.90 bits per heavy atom. The van der Waals surface area contributed by atoms with Gasteiger partial charge < -0.3 is 9.42 Å². The Morgan fingerprint density at radius 1 is 1.14 bits per heavy atom. The van der Waals surface area contributed by atoms with Crippen molar-refractivity contribution in [2.45, 2.75) is 64.1 Å². The second-order valence-corrected chi connectivity index (χ2v) is 7.97. The molecule has 1 aliphatic carbocycles. The second-order valence-electron chi connectivity index (χ2n) is 7.97. The molecule has 2 fully saturated rings. The van der Waals surface area contributed by atoms with Crippen molar-refractivity contribution in [3.63, 3.8) is 0 Å². The number of fused-ring (bicyclic) bond motifs is 1. The number of benzene rings is 1. The van der Waals surface area contributed by atoms with Crippen LogP contribution in [0.4, 0.5) is 0 Å². The number of amides is 1. The van der Waals surface area contributed by atoms with Gasteiger partial charge in [-0.3, -0.25) is 13.9 Å². The quantitative estimate of drug-likeness (QED) is 0.663. The van der Waals surface area contributed by atoms with Crippen molar-refractivity contribution in [2.75, 3.05) is 6.54 Å². The number of carbonyl (C=O) groups is 1. The van der Waals surface area contributed by atoms with Crippen LogP contribution in [-0.4, -0.2) is 36.6 Å². The third-order valence-corrected chi connectivity index (χ3v) is 6.04. The summed E-state index contributed by atoms with van der Waals surface area (Å²) < 4.78 is 8.71. The molecular formula is C21H25N5O3. The highest BCUT2D eigenvalue weighted by Crippen LogP contribution is 2.40. The van der Waals surface area contributed by atoms with Gasteiger partial charge in [-0.2, -0.15) is 4.98 Å². The van der Waals surface area contributed by atoms with Crippen LogP contribution in [0.15, 0.2) is 33.6 Å². The zero-order valence-corrected chi connectivity index (χ0v) is 16.6. The van der Waals surface area contributed by atoms with Crippen molar-refractivity contribution in [1.82, 2.24) is 24.2 Å². The van der Waals surface area contributed by atoms with Crippen molar-refractivity contribution in [1.29, 1.82) is 0 Å². The highest BCUT2D eigenvalue weighted by atomic mass is 16.5. The van der Waals surface area contributed by atoms with Gasteiger partial charge in [0, 0.05) is 19.0 Å². The average molecular weight is 395 g/mol. The van der Waals surface area contributed by atoms with Crippen LogP contribution in [0.25, 0.3) is 11.0 Å². The fraction of sp³-hybridized carbons (Fsp3) is 0.524. The van der Waals surface area contributed by atoms with Gasteiger partial charge in [-0.25, -0.2) is 4.79 Å². The van der Waals surface area contributed by atoms with Crippen molar-refractivity contribution in [3.8, 4) is 0 Å². The summed E-state index contributed by atoms with van der Waals surface area (Å²) in [6.07, 6.45) is 4.98. The Bertz CT molecular complexity index is 1110. The Hall–Kier alpha value is -2.90. The third-order valence-electron chi connectivity index (χ3n) is 6.04. The van der Waals surface area contributed by atoms with E-state index in [0.717, 1.165) is 43.1 Å². The molecule has 0 bridgehead atoms. The molecule has 1 aromatic carbocycles. The van der Waals surface area contributed by atoms with E-state index in [1.807, 2.05) is 36.1 Å². The molecule has 1 saturated carbocycles. The van der Waals surface area contributed by atoms with Crippen LogP contribution in [0.3, 0.4) is 0 Å². The number of hydrogen-bond donors (Lipinski definition) is 0. The smallest absolute Gasteiger partial charge is 0.329 e. The summed E-state index contributed by atoms with van der Waals surface area (Å²) in [5.74, 6) is 1.61. The lowest BCUT2D eigenvalue weighted by Gasteiger charge is -2.33. The number of imidazole rings is 1. The van der Waals surface area contributed by atoms with Crippen molar-refractivity contribution >= 4 is 16.9 Å². The number of nitrogens with zero attached hydrogens (tertiary/aromatic N) is 5. The molecule has 1 unspecified atom stereocenters. The van der Waals surface area contributed by atoms with E-state index in [9.17, 15) is 9.59 Å².